The number of amides is 3. The van der Waals surface area contributed by atoms with E-state index in [0.717, 1.165) is 0 Å². The van der Waals surface area contributed by atoms with Crippen molar-refractivity contribution >= 4 is 29.7 Å². The Morgan fingerprint density at radius 3 is 2.93 bits per heavy atom. The number of aromatic nitrogens is 2. The van der Waals surface area contributed by atoms with Gasteiger partial charge in [-0.2, -0.15) is 0 Å². The molecule has 3 amide bonds. The van der Waals surface area contributed by atoms with Crippen LogP contribution in [0.15, 0.2) is 46.6 Å². The molecule has 0 fully saturated rings. The molecule has 2 aromatic heterocycles. The highest BCUT2D eigenvalue weighted by Gasteiger charge is 2.17. The van der Waals surface area contributed by atoms with E-state index in [4.69, 9.17) is 9.26 Å². The molecule has 142 valence electrons. The van der Waals surface area contributed by atoms with Crippen molar-refractivity contribution in [2.45, 2.75) is 17.7 Å². The number of imide groups is 1. The SMILES string of the molecule is C=CCNC(=O)NC(=O)COC(=O)c1cccnc1SCc1cc(C)on1. The summed E-state index contributed by atoms with van der Waals surface area (Å²) in [5.41, 5.74) is 0.930. The highest BCUT2D eigenvalue weighted by molar-refractivity contribution is 7.98. The average Bonchev–Trinajstić information content (AvgIpc) is 3.08. The molecule has 0 aliphatic heterocycles. The van der Waals surface area contributed by atoms with Crippen LogP contribution in [0.4, 0.5) is 4.79 Å². The first-order valence-corrected chi connectivity index (χ1v) is 8.84. The van der Waals surface area contributed by atoms with Gasteiger partial charge in [0.2, 0.25) is 0 Å². The largest absolute Gasteiger partial charge is 0.452 e. The highest BCUT2D eigenvalue weighted by atomic mass is 32.2. The number of rotatable bonds is 8. The maximum atomic E-state index is 12.2. The number of nitrogens with one attached hydrogen (secondary N) is 2. The molecule has 0 aliphatic rings. The number of urea groups is 1. The lowest BCUT2D eigenvalue weighted by Gasteiger charge is -2.08. The van der Waals surface area contributed by atoms with E-state index in [1.54, 1.807) is 31.3 Å². The maximum Gasteiger partial charge on any atom is 0.341 e. The van der Waals surface area contributed by atoms with Gasteiger partial charge in [0, 0.05) is 24.6 Å². The zero-order valence-corrected chi connectivity index (χ0v) is 15.4. The number of esters is 1. The second-order valence-electron chi connectivity index (χ2n) is 5.20. The number of aryl methyl sites for hydroxylation is 1. The summed E-state index contributed by atoms with van der Waals surface area (Å²) in [6, 6.07) is 4.22. The number of hydrogen-bond acceptors (Lipinski definition) is 8. The summed E-state index contributed by atoms with van der Waals surface area (Å²) in [4.78, 5) is 39.4. The molecule has 0 saturated carbocycles. The normalized spacial score (nSPS) is 10.1. The van der Waals surface area contributed by atoms with Gasteiger partial charge in [0.1, 0.15) is 10.8 Å². The van der Waals surface area contributed by atoms with Gasteiger partial charge >= 0.3 is 12.0 Å². The Kier molecular flexibility index (Phi) is 7.56. The van der Waals surface area contributed by atoms with Crippen molar-refractivity contribution in [3.63, 3.8) is 0 Å². The Hall–Kier alpha value is -3.14. The topological polar surface area (TPSA) is 123 Å². The van der Waals surface area contributed by atoms with Crippen LogP contribution < -0.4 is 10.6 Å². The molecule has 2 N–H and O–H groups in total. The van der Waals surface area contributed by atoms with Gasteiger partial charge in [-0.1, -0.05) is 23.0 Å². The van der Waals surface area contributed by atoms with Crippen molar-refractivity contribution in [3.05, 3.63) is 54.1 Å². The Bertz CT molecular complexity index is 836. The molecule has 27 heavy (non-hydrogen) atoms. The van der Waals surface area contributed by atoms with E-state index in [2.05, 4.69) is 22.0 Å². The third-order valence-electron chi connectivity index (χ3n) is 3.02. The van der Waals surface area contributed by atoms with Crippen LogP contribution in [0.3, 0.4) is 0 Å². The van der Waals surface area contributed by atoms with Gasteiger partial charge in [-0.05, 0) is 19.1 Å². The van der Waals surface area contributed by atoms with E-state index in [9.17, 15) is 14.4 Å². The third kappa shape index (κ3) is 6.59. The summed E-state index contributed by atoms with van der Waals surface area (Å²) < 4.78 is 9.95. The van der Waals surface area contributed by atoms with E-state index >= 15 is 0 Å². The molecule has 0 saturated heterocycles. The van der Waals surface area contributed by atoms with Gasteiger partial charge in [0.05, 0.1) is 11.3 Å². The minimum Gasteiger partial charge on any atom is -0.452 e. The molecular formula is C17H18N4O5S. The van der Waals surface area contributed by atoms with Gasteiger partial charge in [-0.25, -0.2) is 14.6 Å². The van der Waals surface area contributed by atoms with Gasteiger partial charge in [-0.15, -0.1) is 6.58 Å². The van der Waals surface area contributed by atoms with Gasteiger partial charge in [0.15, 0.2) is 6.61 Å². The van der Waals surface area contributed by atoms with Gasteiger partial charge in [-0.3, -0.25) is 10.1 Å². The number of pyridine rings is 1. The lowest BCUT2D eigenvalue weighted by atomic mass is 10.3. The first kappa shape index (κ1) is 20.2. The monoisotopic (exact) mass is 390 g/mol. The molecular weight excluding hydrogens is 372 g/mol. The second kappa shape index (κ2) is 10.1. The first-order chi connectivity index (χ1) is 13.0. The van der Waals surface area contributed by atoms with Crippen LogP contribution in [0.5, 0.6) is 0 Å². The summed E-state index contributed by atoms with van der Waals surface area (Å²) in [7, 11) is 0. The molecule has 0 spiro atoms. The Balaban J connectivity index is 1.89. The fraction of sp³-hybridized carbons (Fsp3) is 0.235. The van der Waals surface area contributed by atoms with Crippen molar-refractivity contribution in [3.8, 4) is 0 Å². The summed E-state index contributed by atoms with van der Waals surface area (Å²) in [5.74, 6) is -0.322. The maximum absolute atomic E-state index is 12.2. The fourth-order valence-electron chi connectivity index (χ4n) is 1.87. The zero-order chi connectivity index (χ0) is 19.6. The van der Waals surface area contributed by atoms with Crippen molar-refractivity contribution in [2.24, 2.45) is 0 Å². The van der Waals surface area contributed by atoms with E-state index in [1.807, 2.05) is 5.32 Å². The quantitative estimate of drug-likeness (QED) is 0.398. The Labute approximate surface area is 159 Å². The molecule has 10 heteroatoms. The Morgan fingerprint density at radius 1 is 1.41 bits per heavy atom. The number of thioether (sulfide) groups is 1. The number of carbonyl (C=O) groups excluding carboxylic acids is 3. The van der Waals surface area contributed by atoms with E-state index in [-0.39, 0.29) is 12.1 Å². The zero-order valence-electron chi connectivity index (χ0n) is 14.6. The van der Waals surface area contributed by atoms with Gasteiger partial charge in [0.25, 0.3) is 5.91 Å². The first-order valence-electron chi connectivity index (χ1n) is 7.85. The van der Waals surface area contributed by atoms with Crippen molar-refractivity contribution in [1.82, 2.24) is 20.8 Å². The highest BCUT2D eigenvalue weighted by Crippen LogP contribution is 2.24. The van der Waals surface area contributed by atoms with Crippen LogP contribution in [0.2, 0.25) is 0 Å². The van der Waals surface area contributed by atoms with Gasteiger partial charge < -0.3 is 14.6 Å². The third-order valence-corrected chi connectivity index (χ3v) is 4.06. The number of carbonyl (C=O) groups is 3. The fourth-order valence-corrected chi connectivity index (χ4v) is 2.73. The van der Waals surface area contributed by atoms with Crippen LogP contribution in [0, 0.1) is 6.92 Å². The van der Waals surface area contributed by atoms with Crippen molar-refractivity contribution in [2.75, 3.05) is 13.2 Å². The minimum atomic E-state index is -0.749. The molecule has 0 bridgehead atoms. The van der Waals surface area contributed by atoms with Crippen molar-refractivity contribution < 1.29 is 23.6 Å². The van der Waals surface area contributed by atoms with E-state index in [0.29, 0.717) is 22.2 Å². The second-order valence-corrected chi connectivity index (χ2v) is 6.16. The van der Waals surface area contributed by atoms with Crippen LogP contribution in [-0.4, -0.2) is 41.2 Å². The van der Waals surface area contributed by atoms with E-state index < -0.39 is 24.5 Å². The lowest BCUT2D eigenvalue weighted by molar-refractivity contribution is -0.123. The summed E-state index contributed by atoms with van der Waals surface area (Å²) in [5, 5.41) is 8.72. The van der Waals surface area contributed by atoms with Crippen LogP contribution >= 0.6 is 11.8 Å². The molecule has 0 aromatic carbocycles. The van der Waals surface area contributed by atoms with Crippen molar-refractivity contribution in [1.29, 1.82) is 0 Å². The predicted octanol–water partition coefficient (Wildman–Crippen LogP) is 1.84. The molecule has 0 radical (unpaired) electrons. The van der Waals surface area contributed by atoms with Crippen LogP contribution in [0.25, 0.3) is 0 Å². The molecule has 2 rings (SSSR count). The molecule has 9 nitrogen and oxygen atoms in total. The lowest BCUT2D eigenvalue weighted by Crippen LogP contribution is -2.41. The smallest absolute Gasteiger partial charge is 0.341 e. The summed E-state index contributed by atoms with van der Waals surface area (Å²) >= 11 is 1.29. The molecule has 2 heterocycles. The summed E-state index contributed by atoms with van der Waals surface area (Å²) in [6.45, 7) is 4.83. The summed E-state index contributed by atoms with van der Waals surface area (Å²) in [6.07, 6.45) is 3.01. The standard InChI is InChI=1S/C17H18N4O5S/c1-3-6-19-17(24)20-14(22)9-25-16(23)13-5-4-7-18-15(13)27-10-12-8-11(2)26-21-12/h3-5,7-8H,1,6,9-10H2,2H3,(H2,19,20,22,24). The minimum absolute atomic E-state index is 0.209. The van der Waals surface area contributed by atoms with Crippen LogP contribution in [0.1, 0.15) is 21.8 Å². The predicted molar refractivity (Wildman–Crippen MR) is 97.1 cm³/mol. The molecule has 0 aliphatic carbocycles. The molecule has 2 aromatic rings. The van der Waals surface area contributed by atoms with E-state index in [1.165, 1.54) is 17.8 Å². The average molecular weight is 390 g/mol. The van der Waals surface area contributed by atoms with Crippen LogP contribution in [-0.2, 0) is 15.3 Å². The number of hydrogen-bond donors (Lipinski definition) is 2. The number of nitrogens with zero attached hydrogens (tertiary/aromatic N) is 2. The molecule has 0 atom stereocenters. The number of ether oxygens (including phenoxy) is 1. The Morgan fingerprint density at radius 2 is 2.22 bits per heavy atom. The molecule has 0 unspecified atom stereocenters.